The van der Waals surface area contributed by atoms with Crippen molar-refractivity contribution in [3.05, 3.63) is 47.3 Å². The molecule has 4 rings (SSSR count). The van der Waals surface area contributed by atoms with E-state index >= 15 is 0 Å². The molecule has 1 saturated heterocycles. The highest BCUT2D eigenvalue weighted by Crippen LogP contribution is 2.28. The van der Waals surface area contributed by atoms with Crippen LogP contribution in [0, 0.1) is 0 Å². The molecule has 1 aromatic heterocycles. The topological polar surface area (TPSA) is 71.8 Å². The Bertz CT molecular complexity index is 735. The van der Waals surface area contributed by atoms with Crippen molar-refractivity contribution in [2.45, 2.75) is 50.6 Å². The number of hydrogen-bond acceptors (Lipinski definition) is 4. The molecule has 2 aliphatic rings. The van der Waals surface area contributed by atoms with Gasteiger partial charge in [-0.15, -0.1) is 5.10 Å². The van der Waals surface area contributed by atoms with Crippen LogP contribution in [0.15, 0.2) is 30.5 Å². The van der Waals surface area contributed by atoms with Gasteiger partial charge in [0.25, 0.3) is 5.91 Å². The lowest BCUT2D eigenvalue weighted by atomic mass is 9.99. The summed E-state index contributed by atoms with van der Waals surface area (Å²) < 4.78 is 1.86. The number of piperidine rings is 1. The lowest BCUT2D eigenvalue weighted by Gasteiger charge is -2.22. The number of aryl methyl sites for hydroxylation is 1. The Morgan fingerprint density at radius 3 is 2.88 bits per heavy atom. The summed E-state index contributed by atoms with van der Waals surface area (Å²) in [4.78, 5) is 12.7. The second-order valence-corrected chi connectivity index (χ2v) is 7.04. The Labute approximate surface area is 148 Å². The van der Waals surface area contributed by atoms with Crippen LogP contribution in [0.1, 0.15) is 65.8 Å². The number of nitrogens with zero attached hydrogens (tertiary/aromatic N) is 3. The van der Waals surface area contributed by atoms with E-state index in [0.29, 0.717) is 11.7 Å². The zero-order chi connectivity index (χ0) is 17.1. The molecule has 1 aliphatic carbocycles. The van der Waals surface area contributed by atoms with E-state index in [4.69, 9.17) is 0 Å². The van der Waals surface area contributed by atoms with Crippen LogP contribution in [0.5, 0.6) is 0 Å². The average molecular weight is 339 g/mol. The third-order valence-corrected chi connectivity index (χ3v) is 5.35. The third-order valence-electron chi connectivity index (χ3n) is 5.35. The van der Waals surface area contributed by atoms with E-state index in [2.05, 4.69) is 45.2 Å². The van der Waals surface area contributed by atoms with Crippen LogP contribution in [0.25, 0.3) is 0 Å². The van der Waals surface area contributed by atoms with Gasteiger partial charge in [0.05, 0.1) is 18.3 Å². The van der Waals surface area contributed by atoms with Gasteiger partial charge in [0.15, 0.2) is 5.69 Å². The minimum Gasteiger partial charge on any atom is -0.344 e. The molecule has 0 spiro atoms. The summed E-state index contributed by atoms with van der Waals surface area (Å²) in [6.45, 7) is 1.98. The summed E-state index contributed by atoms with van der Waals surface area (Å²) in [7, 11) is 0. The molecule has 1 fully saturated rings. The average Bonchev–Trinajstić information content (AvgIpc) is 3.07. The lowest BCUT2D eigenvalue weighted by Crippen LogP contribution is -2.30. The van der Waals surface area contributed by atoms with Crippen LogP contribution in [0.3, 0.4) is 0 Å². The van der Waals surface area contributed by atoms with Crippen LogP contribution in [0.2, 0.25) is 0 Å². The summed E-state index contributed by atoms with van der Waals surface area (Å²) in [6.07, 6.45) is 8.23. The van der Waals surface area contributed by atoms with Gasteiger partial charge in [-0.05, 0) is 56.3 Å². The van der Waals surface area contributed by atoms with Crippen LogP contribution in [-0.2, 0) is 6.42 Å². The van der Waals surface area contributed by atoms with E-state index in [9.17, 15) is 4.79 Å². The predicted octanol–water partition coefficient (Wildman–Crippen LogP) is 2.40. The molecule has 1 aromatic carbocycles. The molecular weight excluding hydrogens is 314 g/mol. The van der Waals surface area contributed by atoms with Crippen molar-refractivity contribution in [1.29, 1.82) is 0 Å². The predicted molar refractivity (Wildman–Crippen MR) is 95.4 cm³/mol. The van der Waals surface area contributed by atoms with Crippen molar-refractivity contribution in [2.75, 3.05) is 13.1 Å². The van der Waals surface area contributed by atoms with Gasteiger partial charge in [0.2, 0.25) is 0 Å². The summed E-state index contributed by atoms with van der Waals surface area (Å²) in [5, 5.41) is 14.8. The maximum Gasteiger partial charge on any atom is 0.273 e. The summed E-state index contributed by atoms with van der Waals surface area (Å²) in [5.41, 5.74) is 3.02. The Morgan fingerprint density at radius 1 is 1.16 bits per heavy atom. The molecule has 6 nitrogen and oxygen atoms in total. The van der Waals surface area contributed by atoms with E-state index in [1.54, 1.807) is 6.20 Å². The van der Waals surface area contributed by atoms with Crippen LogP contribution < -0.4 is 10.6 Å². The van der Waals surface area contributed by atoms with Gasteiger partial charge >= 0.3 is 0 Å². The quantitative estimate of drug-likeness (QED) is 0.843. The third kappa shape index (κ3) is 3.58. The molecule has 2 N–H and O–H groups in total. The standard InChI is InChI=1S/C19H25N5O/c25-19(18-13-24(23-22-18)15-9-11-20-12-10-15)21-17-8-4-2-6-14-5-1-3-7-16(14)17/h1,3,5,7,13,15,17,20H,2,4,6,8-12H2,(H,21,25)/t17-/m0/s1. The van der Waals surface area contributed by atoms with Gasteiger partial charge in [0.1, 0.15) is 0 Å². The fourth-order valence-electron chi connectivity index (χ4n) is 3.93. The fraction of sp³-hybridized carbons (Fsp3) is 0.526. The molecule has 2 aromatic rings. The van der Waals surface area contributed by atoms with E-state index in [1.807, 2.05) is 4.68 Å². The number of rotatable bonds is 3. The first-order chi connectivity index (χ1) is 12.3. The second kappa shape index (κ2) is 7.35. The normalized spacial score (nSPS) is 21.4. The molecule has 132 valence electrons. The van der Waals surface area contributed by atoms with Gasteiger partial charge in [0, 0.05) is 0 Å². The number of nitrogens with one attached hydrogen (secondary N) is 2. The van der Waals surface area contributed by atoms with Crippen LogP contribution >= 0.6 is 0 Å². The van der Waals surface area contributed by atoms with Crippen molar-refractivity contribution in [1.82, 2.24) is 25.6 Å². The smallest absolute Gasteiger partial charge is 0.273 e. The number of fused-ring (bicyclic) bond motifs is 1. The Hall–Kier alpha value is -2.21. The van der Waals surface area contributed by atoms with Gasteiger partial charge in [-0.3, -0.25) is 4.79 Å². The monoisotopic (exact) mass is 339 g/mol. The van der Waals surface area contributed by atoms with Gasteiger partial charge < -0.3 is 10.6 Å². The van der Waals surface area contributed by atoms with E-state index < -0.39 is 0 Å². The Kier molecular flexibility index (Phi) is 4.78. The fourth-order valence-corrected chi connectivity index (χ4v) is 3.93. The molecule has 0 radical (unpaired) electrons. The van der Waals surface area contributed by atoms with Crippen molar-refractivity contribution in [3.8, 4) is 0 Å². The molecule has 0 unspecified atom stereocenters. The second-order valence-electron chi connectivity index (χ2n) is 7.04. The number of carbonyl (C=O) groups is 1. The summed E-state index contributed by atoms with van der Waals surface area (Å²) in [5.74, 6) is -0.123. The highest BCUT2D eigenvalue weighted by atomic mass is 16.2. The first kappa shape index (κ1) is 16.3. The maximum atomic E-state index is 12.7. The van der Waals surface area contributed by atoms with Crippen LogP contribution in [-0.4, -0.2) is 34.0 Å². The molecule has 0 saturated carbocycles. The molecule has 25 heavy (non-hydrogen) atoms. The van der Waals surface area contributed by atoms with Crippen molar-refractivity contribution >= 4 is 5.91 Å². The molecule has 0 bridgehead atoms. The SMILES string of the molecule is O=C(N[C@H]1CCCCc2ccccc21)c1cn(C2CCNCC2)nn1. The number of benzene rings is 1. The minimum atomic E-state index is -0.123. The largest absolute Gasteiger partial charge is 0.344 e. The Balaban J connectivity index is 1.48. The maximum absolute atomic E-state index is 12.7. The zero-order valence-electron chi connectivity index (χ0n) is 14.4. The number of hydrogen-bond donors (Lipinski definition) is 2. The van der Waals surface area contributed by atoms with Crippen molar-refractivity contribution < 1.29 is 4.79 Å². The molecular formula is C19H25N5O. The van der Waals surface area contributed by atoms with E-state index in [1.165, 1.54) is 17.5 Å². The first-order valence-electron chi connectivity index (χ1n) is 9.32. The van der Waals surface area contributed by atoms with E-state index in [0.717, 1.165) is 45.2 Å². The van der Waals surface area contributed by atoms with Gasteiger partial charge in [-0.1, -0.05) is 35.9 Å². The molecule has 2 heterocycles. The zero-order valence-corrected chi connectivity index (χ0v) is 14.4. The molecule has 1 atom stereocenters. The number of aromatic nitrogens is 3. The van der Waals surface area contributed by atoms with Crippen molar-refractivity contribution in [2.24, 2.45) is 0 Å². The van der Waals surface area contributed by atoms with Gasteiger partial charge in [-0.2, -0.15) is 0 Å². The molecule has 1 amide bonds. The Morgan fingerprint density at radius 2 is 2.00 bits per heavy atom. The molecule has 1 aliphatic heterocycles. The highest BCUT2D eigenvalue weighted by Gasteiger charge is 2.23. The lowest BCUT2D eigenvalue weighted by molar-refractivity contribution is 0.0929. The summed E-state index contributed by atoms with van der Waals surface area (Å²) in [6, 6.07) is 8.85. The minimum absolute atomic E-state index is 0.0650. The number of amides is 1. The van der Waals surface area contributed by atoms with Crippen LogP contribution in [0.4, 0.5) is 0 Å². The number of carbonyl (C=O) groups excluding carboxylic acids is 1. The first-order valence-corrected chi connectivity index (χ1v) is 9.32. The molecule has 6 heteroatoms. The van der Waals surface area contributed by atoms with Crippen molar-refractivity contribution in [3.63, 3.8) is 0 Å². The van der Waals surface area contributed by atoms with E-state index in [-0.39, 0.29) is 11.9 Å². The summed E-state index contributed by atoms with van der Waals surface area (Å²) >= 11 is 0. The van der Waals surface area contributed by atoms with Gasteiger partial charge in [-0.25, -0.2) is 4.68 Å². The highest BCUT2D eigenvalue weighted by molar-refractivity contribution is 5.92.